The van der Waals surface area contributed by atoms with Crippen LogP contribution >= 0.6 is 0 Å². The number of halogens is 24. The van der Waals surface area contributed by atoms with Crippen molar-refractivity contribution in [1.82, 2.24) is 0 Å². The van der Waals surface area contributed by atoms with Gasteiger partial charge in [-0.1, -0.05) is 0 Å². The van der Waals surface area contributed by atoms with E-state index in [1.165, 1.54) is 0 Å². The Hall–Kier alpha value is -1.72. The molecule has 0 amide bonds. The highest BCUT2D eigenvalue weighted by molar-refractivity contribution is 5.10. The van der Waals surface area contributed by atoms with Crippen molar-refractivity contribution in [2.24, 2.45) is 0 Å². The molecule has 0 aliphatic rings. The van der Waals surface area contributed by atoms with Crippen LogP contribution in [0.3, 0.4) is 0 Å². The maximum absolute atomic E-state index is 13.5. The van der Waals surface area contributed by atoms with Crippen LogP contribution in [0.2, 0.25) is 0 Å². The monoisotopic (exact) mass is 590 g/mol. The van der Waals surface area contributed by atoms with Gasteiger partial charge in [0.15, 0.2) is 4.93 Å². The van der Waals surface area contributed by atoms with Crippen LogP contribution in [0.5, 0.6) is 0 Å². The fraction of sp³-hybridized carbons (Fsp3) is 1.00. The van der Waals surface area contributed by atoms with Crippen LogP contribution in [-0.4, -0.2) is 64.9 Å². The molecule has 0 aromatic rings. The number of hydrogen-bond donors (Lipinski definition) is 0. The van der Waals surface area contributed by atoms with Crippen LogP contribution in [0.15, 0.2) is 0 Å². The van der Waals surface area contributed by atoms with E-state index in [0.29, 0.717) is 0 Å². The van der Waals surface area contributed by atoms with E-state index in [1.54, 1.807) is 0 Å². The Morgan fingerprint density at radius 2 is 0.514 bits per heavy atom. The Morgan fingerprint density at radius 3 is 0.714 bits per heavy atom. The highest BCUT2D eigenvalue weighted by Crippen LogP contribution is 2.68. The van der Waals surface area contributed by atoms with Gasteiger partial charge < -0.3 is 0 Å². The van der Waals surface area contributed by atoms with Gasteiger partial charge in [-0.2, -0.15) is 87.8 Å². The fourth-order valence-corrected chi connectivity index (χ4v) is 2.11. The average molecular weight is 590 g/mol. The zero-order valence-electron chi connectivity index (χ0n) is 14.5. The molecule has 0 bridgehead atoms. The van der Waals surface area contributed by atoms with E-state index >= 15 is 0 Å². The molecular weight excluding hydrogens is 590 g/mol. The van der Waals surface area contributed by atoms with E-state index in [-0.39, 0.29) is 0 Å². The summed E-state index contributed by atoms with van der Waals surface area (Å²) in [6.07, 6.45) is -35.1. The van der Waals surface area contributed by atoms with Gasteiger partial charge in [0, 0.05) is 8.96 Å². The molecule has 0 radical (unpaired) electrons. The van der Waals surface area contributed by atoms with Gasteiger partial charge in [-0.05, 0) is 0 Å². The Bertz CT molecular complexity index is 734. The third-order valence-electron chi connectivity index (χ3n) is 3.92. The summed E-state index contributed by atoms with van der Waals surface area (Å²) in [6.45, 7) is 0. The van der Waals surface area contributed by atoms with Crippen molar-refractivity contribution in [3.8, 4) is 0 Å². The van der Waals surface area contributed by atoms with E-state index in [2.05, 4.69) is 0 Å². The maximum atomic E-state index is 13.5. The van der Waals surface area contributed by atoms with E-state index in [0.717, 1.165) is 0 Å². The molecule has 0 aliphatic carbocycles. The van der Waals surface area contributed by atoms with Crippen molar-refractivity contribution in [2.75, 3.05) is 0 Å². The molecule has 0 aromatic heterocycles. The maximum Gasteiger partial charge on any atom is 0.536 e. The summed E-state index contributed by atoms with van der Waals surface area (Å²) < 4.78 is 306. The van der Waals surface area contributed by atoms with Crippen molar-refractivity contribution in [1.29, 1.82) is 0 Å². The van der Waals surface area contributed by atoms with Crippen LogP contribution in [0.4, 0.5) is 106 Å². The molecule has 0 atom stereocenters. The lowest BCUT2D eigenvalue weighted by atomic mass is 9.91. The van der Waals surface area contributed by atoms with E-state index in [1.807, 2.05) is 0 Å². The van der Waals surface area contributed by atoms with Gasteiger partial charge in [-0.25, -0.2) is 0 Å². The lowest BCUT2D eigenvalue weighted by Gasteiger charge is -2.44. The minimum absolute atomic E-state index is 8.17. The van der Waals surface area contributed by atoms with Gasteiger partial charge >= 0.3 is 60.0 Å². The third-order valence-corrected chi connectivity index (χ3v) is 3.92. The molecule has 0 fully saturated rings. The summed E-state index contributed by atoms with van der Waals surface area (Å²) in [5, 5.41) is 0. The van der Waals surface area contributed by atoms with Crippen molar-refractivity contribution in [2.45, 2.75) is 60.0 Å². The van der Waals surface area contributed by atoms with Crippen LogP contribution in [0.25, 0.3) is 0 Å². The van der Waals surface area contributed by atoms with Crippen molar-refractivity contribution in [3.63, 3.8) is 0 Å². The van der Waals surface area contributed by atoms with Crippen molar-refractivity contribution < 1.29 is 110 Å². The van der Waals surface area contributed by atoms with Gasteiger partial charge in [0.1, 0.15) is 0 Å². The Morgan fingerprint density at radius 1 is 0.286 bits per heavy atom. The molecule has 0 unspecified atom stereocenters. The van der Waals surface area contributed by atoms with Crippen molar-refractivity contribution >= 4 is 0 Å². The van der Waals surface area contributed by atoms with Gasteiger partial charge in [-0.3, -0.25) is 0 Å². The largest absolute Gasteiger partial charge is 0.536 e. The first-order valence-electron chi connectivity index (χ1n) is 6.94. The topological polar surface area (TPSA) is 0 Å². The number of hydrogen-bond acceptors (Lipinski definition) is 0. The highest BCUT2D eigenvalue weighted by atomic mass is 19.5. The number of nitrogens with zero attached hydrogens (tertiary/aromatic N) is 1. The molecule has 0 N–H and O–H groups in total. The van der Waals surface area contributed by atoms with Crippen LogP contribution in [0, 0.1) is 0 Å². The first-order valence-corrected chi connectivity index (χ1v) is 6.94. The van der Waals surface area contributed by atoms with Gasteiger partial charge in [0.25, 0.3) is 0 Å². The van der Waals surface area contributed by atoms with Gasteiger partial charge in [0.2, 0.25) is 0 Å². The summed E-state index contributed by atoms with van der Waals surface area (Å²) >= 11 is 0. The average Bonchev–Trinajstić information content (AvgIpc) is 2.48. The lowest BCUT2D eigenvalue weighted by Crippen LogP contribution is -2.85. The second-order valence-corrected chi connectivity index (χ2v) is 6.05. The van der Waals surface area contributed by atoms with Gasteiger partial charge in [-0.15, -0.1) is 8.78 Å². The second kappa shape index (κ2) is 7.64. The molecule has 25 heteroatoms. The Balaban J connectivity index is 7.67. The first kappa shape index (κ1) is 33.3. The van der Waals surface area contributed by atoms with E-state index in [4.69, 9.17) is 0 Å². The molecule has 0 rings (SSSR count). The Labute approximate surface area is 172 Å². The minimum atomic E-state index is -9.79. The summed E-state index contributed by atoms with van der Waals surface area (Å²) in [7, 11) is 0. The quantitative estimate of drug-likeness (QED) is 0.169. The predicted octanol–water partition coefficient (Wildman–Crippen LogP) is 7.69. The van der Waals surface area contributed by atoms with Crippen LogP contribution in [-0.2, 0) is 0 Å². The lowest BCUT2D eigenvalue weighted by molar-refractivity contribution is -1.28. The van der Waals surface area contributed by atoms with Gasteiger partial charge in [0.05, 0.1) is 0 Å². The second-order valence-electron chi connectivity index (χ2n) is 6.05. The first-order chi connectivity index (χ1) is 14.5. The summed E-state index contributed by atoms with van der Waals surface area (Å²) in [5.74, 6) is -36.8. The smallest absolute Gasteiger partial charge is 0.192 e. The molecule has 0 spiro atoms. The molecule has 0 aliphatic heterocycles. The van der Waals surface area contributed by atoms with E-state index in [9.17, 15) is 106 Å². The fourth-order valence-electron chi connectivity index (χ4n) is 2.11. The zero-order chi connectivity index (χ0) is 29.5. The normalized spacial score (nSPS) is 17.1. The molecular formula is C10F24N+. The summed E-state index contributed by atoms with van der Waals surface area (Å²) in [4.78, 5) is -8.84. The third kappa shape index (κ3) is 3.80. The Kier molecular flexibility index (Phi) is 7.27. The number of quaternary nitrogens is 1. The SMILES string of the molecule is FC(F)(F)C(F)(F)C(F)(F)C(F)(F)C(F)(F)C(F)(F)[N+](F)(F)C(C(F)(F)F)(C(F)(F)F)C(F)(F)F. The molecule has 0 aromatic carbocycles. The number of rotatable bonds is 6. The molecule has 1 nitrogen and oxygen atoms in total. The molecule has 0 heterocycles. The van der Waals surface area contributed by atoms with Crippen molar-refractivity contribution in [3.05, 3.63) is 0 Å². The molecule has 0 saturated heterocycles. The summed E-state index contributed by atoms with van der Waals surface area (Å²) in [6, 6.07) is -9.79. The molecule has 0 saturated carbocycles. The standard InChI is InChI=1S/C10F24N/c11-2(12,4(15,16)9(28,29)30)3(13,14)5(17,18)10(31,32)35(33,34)1(6(19,20)21,7(22,23)24)8(25,26)27/q+1. The predicted molar refractivity (Wildman–Crippen MR) is 54.2 cm³/mol. The molecule has 212 valence electrons. The van der Waals surface area contributed by atoms with Crippen LogP contribution in [0.1, 0.15) is 0 Å². The summed E-state index contributed by atoms with van der Waals surface area (Å²) in [5.41, 5.74) is -9.56. The minimum Gasteiger partial charge on any atom is -0.192 e. The van der Waals surface area contributed by atoms with Crippen LogP contribution < -0.4 is 0 Å². The molecule has 35 heavy (non-hydrogen) atoms. The van der Waals surface area contributed by atoms with E-state index < -0.39 is 64.9 Å². The highest BCUT2D eigenvalue weighted by Gasteiger charge is 3.07. The zero-order valence-corrected chi connectivity index (χ0v) is 14.5. The number of alkyl halides is 22.